The van der Waals surface area contributed by atoms with E-state index in [-0.39, 0.29) is 5.82 Å². The van der Waals surface area contributed by atoms with E-state index in [2.05, 4.69) is 29.2 Å². The average molecular weight is 294 g/mol. The zero-order valence-corrected chi connectivity index (χ0v) is 13.4. The Hall–Kier alpha value is -1.20. The van der Waals surface area contributed by atoms with Gasteiger partial charge in [0.1, 0.15) is 0 Å². The van der Waals surface area contributed by atoms with Crippen LogP contribution < -0.4 is 10.2 Å². The summed E-state index contributed by atoms with van der Waals surface area (Å²) in [4.78, 5) is 8.54. The minimum Gasteiger partial charge on any atom is -0.356 e. The van der Waals surface area contributed by atoms with Crippen molar-refractivity contribution < 1.29 is 4.39 Å². The van der Waals surface area contributed by atoms with E-state index in [4.69, 9.17) is 0 Å². The summed E-state index contributed by atoms with van der Waals surface area (Å²) in [7, 11) is 4.07. The molecule has 0 bridgehead atoms. The van der Waals surface area contributed by atoms with Gasteiger partial charge in [0.2, 0.25) is 0 Å². The van der Waals surface area contributed by atoms with Crippen molar-refractivity contribution in [2.45, 2.75) is 38.8 Å². The van der Waals surface area contributed by atoms with Crippen LogP contribution in [0.3, 0.4) is 0 Å². The average Bonchev–Trinajstić information content (AvgIpc) is 2.86. The van der Waals surface area contributed by atoms with Gasteiger partial charge in [-0.1, -0.05) is 6.92 Å². The molecule has 1 atom stereocenters. The van der Waals surface area contributed by atoms with E-state index in [9.17, 15) is 4.39 Å². The van der Waals surface area contributed by atoms with Gasteiger partial charge < -0.3 is 15.1 Å². The molecule has 0 radical (unpaired) electrons. The van der Waals surface area contributed by atoms with Crippen molar-refractivity contribution in [1.82, 2.24) is 15.2 Å². The number of hydrogen-bond donors (Lipinski definition) is 1. The van der Waals surface area contributed by atoms with Crippen LogP contribution in [-0.4, -0.2) is 49.7 Å². The standard InChI is InChI=1S/C16H27FN4/c1-4-8-18-11-13-7-9-19-16(15(13)17)21(3)12-14-6-5-10-20(14)2/h7,9,14,18H,4-6,8,10-12H2,1-3H3. The lowest BCUT2D eigenvalue weighted by atomic mass is 10.2. The minimum absolute atomic E-state index is 0.191. The molecule has 1 aromatic heterocycles. The molecule has 2 heterocycles. The molecule has 118 valence electrons. The molecule has 1 fully saturated rings. The number of nitrogens with one attached hydrogen (secondary N) is 1. The maximum absolute atomic E-state index is 14.6. The normalized spacial score (nSPS) is 19.1. The van der Waals surface area contributed by atoms with Gasteiger partial charge in [0.05, 0.1) is 0 Å². The lowest BCUT2D eigenvalue weighted by molar-refractivity contribution is 0.313. The second kappa shape index (κ2) is 7.71. The summed E-state index contributed by atoms with van der Waals surface area (Å²) in [5.74, 6) is 0.273. The van der Waals surface area contributed by atoms with Crippen LogP contribution >= 0.6 is 0 Å². The summed E-state index contributed by atoms with van der Waals surface area (Å²) >= 11 is 0. The Morgan fingerprint density at radius 1 is 1.52 bits per heavy atom. The third-order valence-corrected chi connectivity index (χ3v) is 4.21. The smallest absolute Gasteiger partial charge is 0.170 e. The molecule has 1 N–H and O–H groups in total. The third-order valence-electron chi connectivity index (χ3n) is 4.21. The summed E-state index contributed by atoms with van der Waals surface area (Å²) < 4.78 is 14.6. The Morgan fingerprint density at radius 3 is 3.00 bits per heavy atom. The van der Waals surface area contributed by atoms with Gasteiger partial charge in [-0.05, 0) is 45.5 Å². The molecule has 0 amide bonds. The van der Waals surface area contributed by atoms with Crippen LogP contribution in [0.2, 0.25) is 0 Å². The number of halogens is 1. The number of hydrogen-bond acceptors (Lipinski definition) is 4. The fourth-order valence-corrected chi connectivity index (χ4v) is 2.89. The molecular weight excluding hydrogens is 267 g/mol. The Bertz CT molecular complexity index is 452. The van der Waals surface area contributed by atoms with E-state index in [1.165, 1.54) is 12.8 Å². The van der Waals surface area contributed by atoms with Crippen molar-refractivity contribution in [2.75, 3.05) is 38.6 Å². The first-order chi connectivity index (χ1) is 10.1. The van der Waals surface area contributed by atoms with Gasteiger partial charge in [0.25, 0.3) is 0 Å². The number of likely N-dealkylation sites (tertiary alicyclic amines) is 1. The molecule has 2 rings (SSSR count). The molecule has 0 spiro atoms. The fraction of sp³-hybridized carbons (Fsp3) is 0.688. The van der Waals surface area contributed by atoms with Crippen molar-refractivity contribution in [3.63, 3.8) is 0 Å². The quantitative estimate of drug-likeness (QED) is 0.782. The zero-order valence-electron chi connectivity index (χ0n) is 13.4. The van der Waals surface area contributed by atoms with Gasteiger partial charge in [-0.2, -0.15) is 0 Å². The highest BCUT2D eigenvalue weighted by molar-refractivity contribution is 5.42. The molecule has 0 saturated carbocycles. The van der Waals surface area contributed by atoms with Crippen molar-refractivity contribution in [3.8, 4) is 0 Å². The van der Waals surface area contributed by atoms with Crippen molar-refractivity contribution >= 4 is 5.82 Å². The van der Waals surface area contributed by atoms with Gasteiger partial charge in [-0.15, -0.1) is 0 Å². The molecular formula is C16H27FN4. The number of likely N-dealkylation sites (N-methyl/N-ethyl adjacent to an activating group) is 2. The predicted molar refractivity (Wildman–Crippen MR) is 85.1 cm³/mol. The van der Waals surface area contributed by atoms with Crippen molar-refractivity contribution in [1.29, 1.82) is 0 Å². The summed E-state index contributed by atoms with van der Waals surface area (Å²) in [5, 5.41) is 3.24. The Kier molecular flexibility index (Phi) is 5.94. The van der Waals surface area contributed by atoms with Gasteiger partial charge in [0.15, 0.2) is 11.6 Å². The molecule has 0 aliphatic carbocycles. The first kappa shape index (κ1) is 16.2. The second-order valence-corrected chi connectivity index (χ2v) is 5.94. The molecule has 5 heteroatoms. The Balaban J connectivity index is 2.02. The van der Waals surface area contributed by atoms with Gasteiger partial charge in [0, 0.05) is 37.9 Å². The van der Waals surface area contributed by atoms with E-state index < -0.39 is 0 Å². The second-order valence-electron chi connectivity index (χ2n) is 5.94. The topological polar surface area (TPSA) is 31.4 Å². The molecule has 4 nitrogen and oxygen atoms in total. The van der Waals surface area contributed by atoms with Crippen LogP contribution in [0.25, 0.3) is 0 Å². The van der Waals surface area contributed by atoms with E-state index in [0.717, 1.165) is 26.1 Å². The van der Waals surface area contributed by atoms with E-state index in [0.29, 0.717) is 24.0 Å². The maximum Gasteiger partial charge on any atom is 0.170 e. The first-order valence-electron chi connectivity index (χ1n) is 7.89. The van der Waals surface area contributed by atoms with Crippen molar-refractivity contribution in [3.05, 3.63) is 23.6 Å². The first-order valence-corrected chi connectivity index (χ1v) is 7.89. The van der Waals surface area contributed by atoms with E-state index >= 15 is 0 Å². The molecule has 0 aromatic carbocycles. The van der Waals surface area contributed by atoms with E-state index in [1.54, 1.807) is 12.3 Å². The van der Waals surface area contributed by atoms with Gasteiger partial charge in [-0.25, -0.2) is 9.37 Å². The van der Waals surface area contributed by atoms with E-state index in [1.807, 2.05) is 11.9 Å². The minimum atomic E-state index is -0.191. The number of anilines is 1. The lowest BCUT2D eigenvalue weighted by Gasteiger charge is -2.27. The summed E-state index contributed by atoms with van der Waals surface area (Å²) in [6.07, 6.45) is 5.16. The Morgan fingerprint density at radius 2 is 2.33 bits per heavy atom. The van der Waals surface area contributed by atoms with Crippen LogP contribution in [0.1, 0.15) is 31.7 Å². The zero-order chi connectivity index (χ0) is 15.2. The number of pyridine rings is 1. The third kappa shape index (κ3) is 4.14. The highest BCUT2D eigenvalue weighted by Crippen LogP contribution is 2.21. The SMILES string of the molecule is CCCNCc1ccnc(N(C)CC2CCCN2C)c1F. The molecule has 21 heavy (non-hydrogen) atoms. The molecule has 1 aliphatic heterocycles. The van der Waals surface area contributed by atoms with Crippen LogP contribution in [0, 0.1) is 5.82 Å². The monoisotopic (exact) mass is 294 g/mol. The largest absolute Gasteiger partial charge is 0.356 e. The lowest BCUT2D eigenvalue weighted by Crippen LogP contribution is -2.37. The molecule has 1 aromatic rings. The number of aromatic nitrogens is 1. The van der Waals surface area contributed by atoms with Crippen LogP contribution in [0.4, 0.5) is 10.2 Å². The predicted octanol–water partition coefficient (Wildman–Crippen LogP) is 2.25. The summed E-state index contributed by atoms with van der Waals surface area (Å²) in [6.45, 7) is 5.53. The fourth-order valence-electron chi connectivity index (χ4n) is 2.89. The van der Waals surface area contributed by atoms with Crippen molar-refractivity contribution in [2.24, 2.45) is 0 Å². The van der Waals surface area contributed by atoms with Gasteiger partial charge >= 0.3 is 0 Å². The van der Waals surface area contributed by atoms with Crippen LogP contribution in [-0.2, 0) is 6.54 Å². The highest BCUT2D eigenvalue weighted by atomic mass is 19.1. The maximum atomic E-state index is 14.6. The van der Waals surface area contributed by atoms with Crippen LogP contribution in [0.15, 0.2) is 12.3 Å². The van der Waals surface area contributed by atoms with Gasteiger partial charge in [-0.3, -0.25) is 0 Å². The number of rotatable bonds is 7. The van der Waals surface area contributed by atoms with Crippen LogP contribution in [0.5, 0.6) is 0 Å². The number of nitrogens with zero attached hydrogens (tertiary/aromatic N) is 3. The molecule has 1 saturated heterocycles. The highest BCUT2D eigenvalue weighted by Gasteiger charge is 2.24. The summed E-state index contributed by atoms with van der Waals surface area (Å²) in [5.41, 5.74) is 0.695. The molecule has 1 aliphatic rings. The molecule has 1 unspecified atom stereocenters. The Labute approximate surface area is 127 Å². The summed E-state index contributed by atoms with van der Waals surface area (Å²) in [6, 6.07) is 2.26.